The molecule has 4 nitrogen and oxygen atoms in total. The van der Waals surface area contributed by atoms with Gasteiger partial charge in [0.1, 0.15) is 11.5 Å². The van der Waals surface area contributed by atoms with Crippen LogP contribution in [0.25, 0.3) is 0 Å². The third-order valence-corrected chi connectivity index (χ3v) is 2.25. The van der Waals surface area contributed by atoms with Crippen LogP contribution in [0.5, 0.6) is 0 Å². The van der Waals surface area contributed by atoms with E-state index in [9.17, 15) is 0 Å². The molecule has 2 aromatic rings. The summed E-state index contributed by atoms with van der Waals surface area (Å²) < 4.78 is 10.6. The minimum absolute atomic E-state index is 0.740. The lowest BCUT2D eigenvalue weighted by Crippen LogP contribution is -2.07. The van der Waals surface area contributed by atoms with Crippen LogP contribution in [0.1, 0.15) is 17.2 Å². The van der Waals surface area contributed by atoms with Gasteiger partial charge in [-0.05, 0) is 19.2 Å². The highest BCUT2D eigenvalue weighted by Gasteiger charge is 2.07. The van der Waals surface area contributed by atoms with E-state index < -0.39 is 0 Å². The fraction of sp³-hybridized carbons (Fsp3) is 0.364. The van der Waals surface area contributed by atoms with E-state index in [1.807, 2.05) is 19.2 Å². The molecule has 0 saturated carbocycles. The van der Waals surface area contributed by atoms with Crippen LogP contribution in [0.4, 0.5) is 0 Å². The molecule has 2 rings (SSSR count). The average molecular weight is 206 g/mol. The van der Waals surface area contributed by atoms with E-state index >= 15 is 0 Å². The Morgan fingerprint density at radius 1 is 1.33 bits per heavy atom. The highest BCUT2D eigenvalue weighted by Crippen LogP contribution is 2.11. The summed E-state index contributed by atoms with van der Waals surface area (Å²) in [4.78, 5) is 4.15. The van der Waals surface area contributed by atoms with E-state index in [1.54, 1.807) is 6.26 Å². The zero-order chi connectivity index (χ0) is 10.5. The van der Waals surface area contributed by atoms with Crippen molar-refractivity contribution in [1.29, 1.82) is 0 Å². The third-order valence-electron chi connectivity index (χ3n) is 2.25. The average Bonchev–Trinajstić information content (AvgIpc) is 2.85. The topological polar surface area (TPSA) is 51.2 Å². The van der Waals surface area contributed by atoms with Crippen LogP contribution in [0.15, 0.2) is 33.6 Å². The van der Waals surface area contributed by atoms with E-state index in [0.29, 0.717) is 0 Å². The first-order valence-electron chi connectivity index (χ1n) is 4.98. The van der Waals surface area contributed by atoms with Gasteiger partial charge in [0.25, 0.3) is 0 Å². The van der Waals surface area contributed by atoms with Crippen molar-refractivity contribution >= 4 is 0 Å². The molecule has 0 aliphatic rings. The van der Waals surface area contributed by atoms with Crippen molar-refractivity contribution in [3.63, 3.8) is 0 Å². The predicted octanol–water partition coefficient (Wildman–Crippen LogP) is 1.77. The van der Waals surface area contributed by atoms with Crippen LogP contribution in [-0.4, -0.2) is 12.0 Å². The number of furan rings is 1. The van der Waals surface area contributed by atoms with E-state index in [4.69, 9.17) is 8.83 Å². The van der Waals surface area contributed by atoms with Gasteiger partial charge in [0, 0.05) is 19.4 Å². The molecular formula is C11H14N2O2. The number of aryl methyl sites for hydroxylation is 2. The molecule has 0 bridgehead atoms. The molecule has 1 N–H and O–H groups in total. The summed E-state index contributed by atoms with van der Waals surface area (Å²) in [5.74, 6) is 1.91. The summed E-state index contributed by atoms with van der Waals surface area (Å²) in [5.41, 5.74) is 0.976. The summed E-state index contributed by atoms with van der Waals surface area (Å²) in [6.07, 6.45) is 4.85. The summed E-state index contributed by atoms with van der Waals surface area (Å²) in [6.45, 7) is 0.740. The normalized spacial score (nSPS) is 10.7. The number of oxazole rings is 1. The maximum absolute atomic E-state index is 5.32. The van der Waals surface area contributed by atoms with E-state index in [2.05, 4.69) is 10.3 Å². The van der Waals surface area contributed by atoms with Crippen LogP contribution < -0.4 is 5.32 Å². The van der Waals surface area contributed by atoms with Crippen LogP contribution in [-0.2, 0) is 19.4 Å². The van der Waals surface area contributed by atoms with Crippen molar-refractivity contribution in [3.05, 3.63) is 42.0 Å². The molecule has 0 fully saturated rings. The monoisotopic (exact) mass is 206 g/mol. The zero-order valence-electron chi connectivity index (χ0n) is 8.69. The van der Waals surface area contributed by atoms with E-state index in [-0.39, 0.29) is 0 Å². The first kappa shape index (κ1) is 9.98. The first-order chi connectivity index (χ1) is 7.40. The molecule has 2 aromatic heterocycles. The standard InChI is InChI=1S/C11H14N2O2/c1-12-7-10-11(15-8-13-10)5-4-9-3-2-6-14-9/h2-3,6,8,12H,4-5,7H2,1H3. The molecular weight excluding hydrogens is 192 g/mol. The molecule has 80 valence electrons. The lowest BCUT2D eigenvalue weighted by molar-refractivity contribution is 0.470. The van der Waals surface area contributed by atoms with Gasteiger partial charge >= 0.3 is 0 Å². The number of hydrogen-bond acceptors (Lipinski definition) is 4. The molecule has 2 heterocycles. The highest BCUT2D eigenvalue weighted by molar-refractivity contribution is 5.09. The van der Waals surface area contributed by atoms with Crippen molar-refractivity contribution in [3.8, 4) is 0 Å². The molecule has 0 atom stereocenters. The van der Waals surface area contributed by atoms with E-state index in [1.165, 1.54) is 6.39 Å². The van der Waals surface area contributed by atoms with Crippen molar-refractivity contribution < 1.29 is 8.83 Å². The molecule has 0 unspecified atom stereocenters. The summed E-state index contributed by atoms with van der Waals surface area (Å²) in [5, 5.41) is 3.06. The van der Waals surface area contributed by atoms with Gasteiger partial charge < -0.3 is 14.2 Å². The first-order valence-corrected chi connectivity index (χ1v) is 4.98. The lowest BCUT2D eigenvalue weighted by atomic mass is 10.2. The molecule has 0 aromatic carbocycles. The molecule has 0 aliphatic carbocycles. The smallest absolute Gasteiger partial charge is 0.181 e. The Morgan fingerprint density at radius 3 is 3.00 bits per heavy atom. The molecule has 15 heavy (non-hydrogen) atoms. The van der Waals surface area contributed by atoms with Crippen molar-refractivity contribution in [2.24, 2.45) is 0 Å². The second kappa shape index (κ2) is 4.79. The molecule has 0 aliphatic heterocycles. The number of hydrogen-bond donors (Lipinski definition) is 1. The zero-order valence-corrected chi connectivity index (χ0v) is 8.69. The van der Waals surface area contributed by atoms with Gasteiger partial charge in [-0.25, -0.2) is 4.98 Å². The Morgan fingerprint density at radius 2 is 2.27 bits per heavy atom. The fourth-order valence-electron chi connectivity index (χ4n) is 1.50. The largest absolute Gasteiger partial charge is 0.469 e. The third kappa shape index (κ3) is 2.47. The van der Waals surface area contributed by atoms with Crippen molar-refractivity contribution in [1.82, 2.24) is 10.3 Å². The van der Waals surface area contributed by atoms with Crippen molar-refractivity contribution in [2.75, 3.05) is 7.05 Å². The Kier molecular flexibility index (Phi) is 3.19. The van der Waals surface area contributed by atoms with Gasteiger partial charge in [-0.2, -0.15) is 0 Å². The molecule has 0 amide bonds. The highest BCUT2D eigenvalue weighted by atomic mass is 16.3. The van der Waals surface area contributed by atoms with Gasteiger partial charge in [-0.3, -0.25) is 0 Å². The molecule has 4 heteroatoms. The maximum Gasteiger partial charge on any atom is 0.181 e. The predicted molar refractivity (Wildman–Crippen MR) is 55.4 cm³/mol. The number of nitrogens with zero attached hydrogens (tertiary/aromatic N) is 1. The second-order valence-electron chi connectivity index (χ2n) is 3.33. The summed E-state index contributed by atoms with van der Waals surface area (Å²) in [6, 6.07) is 3.86. The van der Waals surface area contributed by atoms with Gasteiger partial charge in [-0.1, -0.05) is 0 Å². The van der Waals surface area contributed by atoms with Gasteiger partial charge in [0.05, 0.1) is 12.0 Å². The SMILES string of the molecule is CNCc1ncoc1CCc1ccco1. The quantitative estimate of drug-likeness (QED) is 0.810. The minimum Gasteiger partial charge on any atom is -0.469 e. The number of nitrogens with one attached hydrogen (secondary N) is 1. The Labute approximate surface area is 88.3 Å². The summed E-state index contributed by atoms with van der Waals surface area (Å²) >= 11 is 0. The number of rotatable bonds is 5. The van der Waals surface area contributed by atoms with Crippen molar-refractivity contribution in [2.45, 2.75) is 19.4 Å². The Bertz CT molecular complexity index is 392. The van der Waals surface area contributed by atoms with Gasteiger partial charge in [0.15, 0.2) is 6.39 Å². The second-order valence-corrected chi connectivity index (χ2v) is 3.33. The molecule has 0 saturated heterocycles. The minimum atomic E-state index is 0.740. The molecule has 0 spiro atoms. The summed E-state index contributed by atoms with van der Waals surface area (Å²) in [7, 11) is 1.89. The van der Waals surface area contributed by atoms with E-state index in [0.717, 1.165) is 36.6 Å². The van der Waals surface area contributed by atoms with Crippen LogP contribution >= 0.6 is 0 Å². The molecule has 0 radical (unpaired) electrons. The lowest BCUT2D eigenvalue weighted by Gasteiger charge is -1.98. The number of aromatic nitrogens is 1. The van der Waals surface area contributed by atoms with Gasteiger partial charge in [-0.15, -0.1) is 0 Å². The van der Waals surface area contributed by atoms with Crippen LogP contribution in [0.3, 0.4) is 0 Å². The Balaban J connectivity index is 1.95. The van der Waals surface area contributed by atoms with Crippen LogP contribution in [0, 0.1) is 0 Å². The van der Waals surface area contributed by atoms with Crippen LogP contribution in [0.2, 0.25) is 0 Å². The fourth-order valence-corrected chi connectivity index (χ4v) is 1.50. The maximum atomic E-state index is 5.32. The Hall–Kier alpha value is -1.55. The van der Waals surface area contributed by atoms with Gasteiger partial charge in [0.2, 0.25) is 0 Å².